The lowest BCUT2D eigenvalue weighted by atomic mass is 10.1. The number of hydrogen-bond donors (Lipinski definition) is 1. The van der Waals surface area contributed by atoms with E-state index in [0.717, 1.165) is 28.8 Å². The molecule has 1 N–H and O–H groups in total. The van der Waals surface area contributed by atoms with E-state index in [4.69, 9.17) is 14.9 Å². The zero-order chi connectivity index (χ0) is 23.6. The number of halogens is 1. The molecule has 4 rings (SSSR count). The van der Waals surface area contributed by atoms with Gasteiger partial charge in [0.25, 0.3) is 5.91 Å². The van der Waals surface area contributed by atoms with Crippen LogP contribution in [0.3, 0.4) is 0 Å². The van der Waals surface area contributed by atoms with Gasteiger partial charge in [0.1, 0.15) is 24.7 Å². The number of nitrogens with one attached hydrogen (secondary N) is 1. The lowest BCUT2D eigenvalue weighted by molar-refractivity contribution is -0.114. The van der Waals surface area contributed by atoms with Gasteiger partial charge in [-0.05, 0) is 63.6 Å². The van der Waals surface area contributed by atoms with Crippen LogP contribution in [0.25, 0.3) is 6.08 Å². The fraction of sp³-hybridized carbons (Fsp3) is 0.143. The minimum Gasteiger partial charge on any atom is -0.490 e. The molecule has 2 heterocycles. The predicted octanol–water partition coefficient (Wildman–Crippen LogP) is 3.53. The van der Waals surface area contributed by atoms with Crippen molar-refractivity contribution in [2.75, 3.05) is 19.5 Å². The number of amidine groups is 2. The molecule has 170 valence electrons. The number of hydrogen-bond acceptors (Lipinski definition) is 8. The van der Waals surface area contributed by atoms with Crippen LogP contribution in [0.1, 0.15) is 5.56 Å². The number of benzene rings is 2. The molecule has 9 nitrogen and oxygen atoms in total. The van der Waals surface area contributed by atoms with Crippen molar-refractivity contribution in [3.63, 3.8) is 0 Å². The van der Waals surface area contributed by atoms with E-state index in [2.05, 4.69) is 26.0 Å². The number of hydrazone groups is 1. The van der Waals surface area contributed by atoms with E-state index >= 15 is 0 Å². The van der Waals surface area contributed by atoms with Gasteiger partial charge < -0.3 is 9.47 Å². The third kappa shape index (κ3) is 5.34. The first kappa shape index (κ1) is 23.2. The molecule has 0 saturated heterocycles. The molecule has 33 heavy (non-hydrogen) atoms. The van der Waals surface area contributed by atoms with E-state index in [1.54, 1.807) is 18.2 Å². The molecule has 0 saturated carbocycles. The maximum absolute atomic E-state index is 12.5. The summed E-state index contributed by atoms with van der Waals surface area (Å²) in [7, 11) is -3.58. The molecule has 2 aromatic carbocycles. The van der Waals surface area contributed by atoms with Crippen molar-refractivity contribution in [1.82, 2.24) is 5.01 Å². The first-order valence-corrected chi connectivity index (χ1v) is 13.0. The average molecular weight is 549 g/mol. The van der Waals surface area contributed by atoms with Crippen molar-refractivity contribution in [2.24, 2.45) is 10.1 Å². The molecule has 0 aromatic heterocycles. The van der Waals surface area contributed by atoms with Gasteiger partial charge in [0, 0.05) is 6.26 Å². The monoisotopic (exact) mass is 548 g/mol. The minimum absolute atomic E-state index is 0.00493. The molecule has 0 spiro atoms. The molecular weight excluding hydrogens is 532 g/mol. The maximum atomic E-state index is 12.5. The average Bonchev–Trinajstić information content (AvgIpc) is 3.21. The van der Waals surface area contributed by atoms with Crippen LogP contribution in [0.15, 0.2) is 68.7 Å². The summed E-state index contributed by atoms with van der Waals surface area (Å²) in [4.78, 5) is 16.3. The molecule has 0 atom stereocenters. The van der Waals surface area contributed by atoms with Crippen molar-refractivity contribution in [3.8, 4) is 11.5 Å². The van der Waals surface area contributed by atoms with Gasteiger partial charge in [0.05, 0.1) is 10.0 Å². The molecule has 1 amide bonds. The van der Waals surface area contributed by atoms with E-state index in [1.807, 2.05) is 30.3 Å². The van der Waals surface area contributed by atoms with Gasteiger partial charge in [-0.3, -0.25) is 10.2 Å². The predicted molar refractivity (Wildman–Crippen MR) is 131 cm³/mol. The number of carbonyl (C=O) groups is 1. The number of sulfone groups is 1. The molecule has 0 fully saturated rings. The number of amides is 1. The minimum atomic E-state index is -3.58. The summed E-state index contributed by atoms with van der Waals surface area (Å²) in [5.74, 6) is 0.471. The Labute approximate surface area is 202 Å². The first-order valence-electron chi connectivity index (χ1n) is 9.53. The van der Waals surface area contributed by atoms with Gasteiger partial charge >= 0.3 is 0 Å². The van der Waals surface area contributed by atoms with Crippen molar-refractivity contribution < 1.29 is 22.7 Å². The highest BCUT2D eigenvalue weighted by Crippen LogP contribution is 2.31. The molecule has 0 unspecified atom stereocenters. The number of ether oxygens (including phenoxy) is 2. The van der Waals surface area contributed by atoms with Gasteiger partial charge in [-0.25, -0.2) is 8.42 Å². The SMILES string of the molecule is CS(=O)(=O)C1=NN2C(=N)/C(=C\c3ccc(OCCOc4ccccc4)c(Br)c3)C(=O)N=C2S1. The van der Waals surface area contributed by atoms with Crippen molar-refractivity contribution in [3.05, 3.63) is 64.1 Å². The smallest absolute Gasteiger partial charge is 0.283 e. The van der Waals surface area contributed by atoms with E-state index in [1.165, 1.54) is 6.08 Å². The van der Waals surface area contributed by atoms with Gasteiger partial charge in [0.15, 0.2) is 5.84 Å². The highest BCUT2D eigenvalue weighted by molar-refractivity contribution is 9.10. The largest absolute Gasteiger partial charge is 0.490 e. The molecule has 0 aliphatic carbocycles. The topological polar surface area (TPSA) is 121 Å². The van der Waals surface area contributed by atoms with Crippen molar-refractivity contribution in [1.29, 1.82) is 5.41 Å². The Bertz CT molecular complexity index is 1320. The van der Waals surface area contributed by atoms with Crippen LogP contribution in [0.2, 0.25) is 0 Å². The fourth-order valence-corrected chi connectivity index (χ4v) is 5.04. The van der Waals surface area contributed by atoms with Gasteiger partial charge in [-0.1, -0.05) is 24.3 Å². The number of rotatable bonds is 6. The zero-order valence-electron chi connectivity index (χ0n) is 17.2. The van der Waals surface area contributed by atoms with Crippen LogP contribution in [0.5, 0.6) is 11.5 Å². The lowest BCUT2D eigenvalue weighted by Crippen LogP contribution is -2.35. The first-order chi connectivity index (χ1) is 15.7. The Morgan fingerprint density at radius 1 is 1.15 bits per heavy atom. The highest BCUT2D eigenvalue weighted by Gasteiger charge is 2.38. The Balaban J connectivity index is 1.45. The molecule has 12 heteroatoms. The Hall–Kier alpha value is -2.96. The van der Waals surface area contributed by atoms with Crippen molar-refractivity contribution in [2.45, 2.75) is 0 Å². The summed E-state index contributed by atoms with van der Waals surface area (Å²) in [5.41, 5.74) is 0.621. The summed E-state index contributed by atoms with van der Waals surface area (Å²) in [6, 6.07) is 14.6. The number of aliphatic imine (C=N–C) groups is 1. The molecule has 0 bridgehead atoms. The van der Waals surface area contributed by atoms with Crippen LogP contribution in [-0.4, -0.2) is 54.2 Å². The van der Waals surface area contributed by atoms with Crippen LogP contribution in [0.4, 0.5) is 0 Å². The number of carbonyl (C=O) groups excluding carboxylic acids is 1. The van der Waals surface area contributed by atoms with Gasteiger partial charge in [-0.2, -0.15) is 10.0 Å². The highest BCUT2D eigenvalue weighted by atomic mass is 79.9. The van der Waals surface area contributed by atoms with E-state index in [-0.39, 0.29) is 21.0 Å². The number of para-hydroxylation sites is 1. The second-order valence-corrected chi connectivity index (χ2v) is 10.9. The Kier molecular flexibility index (Phi) is 6.68. The van der Waals surface area contributed by atoms with Crippen LogP contribution in [-0.2, 0) is 14.6 Å². The second-order valence-electron chi connectivity index (χ2n) is 6.86. The van der Waals surface area contributed by atoms with Crippen LogP contribution in [0, 0.1) is 5.41 Å². The van der Waals surface area contributed by atoms with Crippen LogP contribution >= 0.6 is 27.7 Å². The molecular formula is C21H17BrN4O5S2. The fourth-order valence-electron chi connectivity index (χ4n) is 2.84. The van der Waals surface area contributed by atoms with E-state index in [0.29, 0.717) is 29.0 Å². The Morgan fingerprint density at radius 2 is 1.88 bits per heavy atom. The maximum Gasteiger partial charge on any atom is 0.283 e. The molecule has 2 aliphatic rings. The Morgan fingerprint density at radius 3 is 2.58 bits per heavy atom. The number of fused-ring (bicyclic) bond motifs is 1. The third-order valence-corrected chi connectivity index (χ3v) is 7.57. The zero-order valence-corrected chi connectivity index (χ0v) is 20.4. The standard InChI is InChI=1S/C21H17BrN4O5S2/c1-33(28,29)21-25-26-18(23)15(19(27)24-20(26)32-21)11-13-7-8-17(16(22)12-13)31-10-9-30-14-5-3-2-4-6-14/h2-8,11-12,23H,9-10H2,1H3/b15-11+,23-18?. The number of nitrogens with zero attached hydrogens (tertiary/aromatic N) is 3. The number of thioether (sulfide) groups is 1. The third-order valence-electron chi connectivity index (χ3n) is 4.37. The normalized spacial score (nSPS) is 17.0. The summed E-state index contributed by atoms with van der Waals surface area (Å²) in [6.45, 7) is 0.708. The van der Waals surface area contributed by atoms with Gasteiger partial charge in [-0.15, -0.1) is 5.10 Å². The molecule has 2 aliphatic heterocycles. The lowest BCUT2D eigenvalue weighted by Gasteiger charge is -2.20. The van der Waals surface area contributed by atoms with Gasteiger partial charge in [0.2, 0.25) is 19.4 Å². The molecule has 0 radical (unpaired) electrons. The summed E-state index contributed by atoms with van der Waals surface area (Å²) >= 11 is 4.19. The summed E-state index contributed by atoms with van der Waals surface area (Å²) in [5, 5.41) is 13.3. The van der Waals surface area contributed by atoms with E-state index in [9.17, 15) is 13.2 Å². The second kappa shape index (κ2) is 9.49. The summed E-state index contributed by atoms with van der Waals surface area (Å²) in [6.07, 6.45) is 2.51. The van der Waals surface area contributed by atoms with E-state index < -0.39 is 15.7 Å². The quantitative estimate of drug-likeness (QED) is 0.432. The van der Waals surface area contributed by atoms with Crippen LogP contribution < -0.4 is 9.47 Å². The summed E-state index contributed by atoms with van der Waals surface area (Å²) < 4.78 is 35.3. The van der Waals surface area contributed by atoms with Crippen molar-refractivity contribution >= 4 is 64.9 Å². The molecule has 2 aromatic rings.